The van der Waals surface area contributed by atoms with Crippen LogP contribution >= 0.6 is 0 Å². The molecule has 0 bridgehead atoms. The molecule has 0 saturated carbocycles. The van der Waals surface area contributed by atoms with Crippen molar-refractivity contribution in [3.63, 3.8) is 0 Å². The molecule has 3 aromatic heterocycles. The van der Waals surface area contributed by atoms with Gasteiger partial charge < -0.3 is 19.5 Å². The zero-order valence-electron chi connectivity index (χ0n) is 19.6. The minimum atomic E-state index is -4.84. The molecule has 0 spiro atoms. The Hall–Kier alpha value is -3.62. The Bertz CT molecular complexity index is 1220. The molecule has 4 heterocycles. The van der Waals surface area contributed by atoms with Gasteiger partial charge in [-0.15, -0.1) is 0 Å². The molecular weight excluding hydrogens is 505 g/mol. The zero-order valence-corrected chi connectivity index (χ0v) is 19.6. The number of rotatable bonds is 9. The average Bonchev–Trinajstić information content (AvgIpc) is 3.32. The molecule has 200 valence electrons. The van der Waals surface area contributed by atoms with Gasteiger partial charge in [0.1, 0.15) is 18.0 Å². The van der Waals surface area contributed by atoms with Gasteiger partial charge in [0.05, 0.1) is 18.5 Å². The molecule has 0 aromatic carbocycles. The molecule has 1 saturated heterocycles. The van der Waals surface area contributed by atoms with Gasteiger partial charge in [-0.1, -0.05) is 5.16 Å². The Morgan fingerprint density at radius 1 is 1.24 bits per heavy atom. The molecule has 1 unspecified atom stereocenters. The summed E-state index contributed by atoms with van der Waals surface area (Å²) in [6.07, 6.45) is -3.90. The molecule has 1 aliphatic rings. The summed E-state index contributed by atoms with van der Waals surface area (Å²) < 4.78 is 75.6. The number of ether oxygens (including phenoxy) is 1. The molecule has 37 heavy (non-hydrogen) atoms. The molecule has 3 aromatic rings. The van der Waals surface area contributed by atoms with Gasteiger partial charge in [0, 0.05) is 36.8 Å². The van der Waals surface area contributed by atoms with Crippen LogP contribution in [0.3, 0.4) is 0 Å². The highest BCUT2D eigenvalue weighted by Crippen LogP contribution is 2.32. The van der Waals surface area contributed by atoms with E-state index in [9.17, 15) is 26.7 Å². The summed E-state index contributed by atoms with van der Waals surface area (Å²) in [5, 5.41) is 11.8. The smallest absolute Gasteiger partial charge is 0.378 e. The van der Waals surface area contributed by atoms with Crippen molar-refractivity contribution in [3.8, 4) is 0 Å². The molecule has 1 atom stereocenters. The third-order valence-electron chi connectivity index (χ3n) is 5.83. The van der Waals surface area contributed by atoms with Crippen molar-refractivity contribution in [1.29, 1.82) is 0 Å². The normalized spacial score (nSPS) is 15.8. The van der Waals surface area contributed by atoms with Crippen molar-refractivity contribution in [1.82, 2.24) is 25.3 Å². The zero-order chi connectivity index (χ0) is 26.6. The second-order valence-corrected chi connectivity index (χ2v) is 8.60. The van der Waals surface area contributed by atoms with Crippen LogP contribution in [-0.4, -0.2) is 51.1 Å². The van der Waals surface area contributed by atoms with Crippen LogP contribution in [0.5, 0.6) is 0 Å². The number of nitrogens with one attached hydrogen (secondary N) is 2. The largest absolute Gasteiger partial charge is 0.423 e. The van der Waals surface area contributed by atoms with E-state index in [1.165, 1.54) is 12.3 Å². The lowest BCUT2D eigenvalue weighted by Gasteiger charge is -2.31. The number of anilines is 2. The lowest BCUT2D eigenvalue weighted by molar-refractivity contribution is -0.138. The van der Waals surface area contributed by atoms with Crippen LogP contribution in [-0.2, 0) is 17.5 Å². The molecule has 1 aliphatic heterocycles. The van der Waals surface area contributed by atoms with E-state index in [0.29, 0.717) is 37.6 Å². The highest BCUT2D eigenvalue weighted by molar-refractivity contribution is 5.50. The van der Waals surface area contributed by atoms with Gasteiger partial charge in [-0.05, 0) is 31.9 Å². The Kier molecular flexibility index (Phi) is 8.00. The standard InChI is InChI=1S/C22H24F5N7O3/c1-12(30-15-9-29-32-21(35)18(15)22(25,26)27)10-36-11-17-31-20(33-37-17)13-4-6-34(7-5-13)16-3-2-14(8-28-16)19(23)24/h2-3,8-9,12-13,19H,4-7,10-11H2,1H3,(H2,30,32,35). The Morgan fingerprint density at radius 2 is 2.00 bits per heavy atom. The van der Waals surface area contributed by atoms with Crippen molar-refractivity contribution < 1.29 is 31.2 Å². The van der Waals surface area contributed by atoms with Crippen molar-refractivity contribution in [3.05, 3.63) is 57.7 Å². The summed E-state index contributed by atoms with van der Waals surface area (Å²) >= 11 is 0. The Labute approximate surface area is 207 Å². The number of piperidine rings is 1. The van der Waals surface area contributed by atoms with Crippen LogP contribution < -0.4 is 15.8 Å². The topological polar surface area (TPSA) is 122 Å². The first-order valence-electron chi connectivity index (χ1n) is 11.4. The highest BCUT2D eigenvalue weighted by atomic mass is 19.4. The minimum Gasteiger partial charge on any atom is -0.378 e. The maximum Gasteiger partial charge on any atom is 0.423 e. The van der Waals surface area contributed by atoms with E-state index in [0.717, 1.165) is 6.20 Å². The van der Waals surface area contributed by atoms with Crippen molar-refractivity contribution in [2.45, 2.75) is 50.9 Å². The average molecular weight is 529 g/mol. The predicted molar refractivity (Wildman–Crippen MR) is 120 cm³/mol. The SMILES string of the molecule is CC(COCc1nc(C2CCN(c3ccc(C(F)F)cn3)CC2)no1)Nc1cn[nH]c(=O)c1C(F)(F)F. The maximum atomic E-state index is 13.2. The van der Waals surface area contributed by atoms with Crippen LogP contribution in [0.1, 0.15) is 55.0 Å². The molecular formula is C22H24F5N7O3. The lowest BCUT2D eigenvalue weighted by atomic mass is 9.96. The first-order valence-corrected chi connectivity index (χ1v) is 11.4. The first kappa shape index (κ1) is 26.4. The van der Waals surface area contributed by atoms with Gasteiger partial charge >= 0.3 is 6.18 Å². The van der Waals surface area contributed by atoms with Gasteiger partial charge in [-0.2, -0.15) is 23.3 Å². The molecule has 0 aliphatic carbocycles. The van der Waals surface area contributed by atoms with Gasteiger partial charge in [-0.25, -0.2) is 18.9 Å². The number of hydrogen-bond acceptors (Lipinski definition) is 9. The van der Waals surface area contributed by atoms with Crippen LogP contribution in [0.2, 0.25) is 0 Å². The lowest BCUT2D eigenvalue weighted by Crippen LogP contribution is -2.33. The Morgan fingerprint density at radius 3 is 2.65 bits per heavy atom. The van der Waals surface area contributed by atoms with Gasteiger partial charge in [0.15, 0.2) is 5.82 Å². The molecule has 4 rings (SSSR count). The molecule has 2 N–H and O–H groups in total. The summed E-state index contributed by atoms with van der Waals surface area (Å²) in [6, 6.07) is 2.37. The summed E-state index contributed by atoms with van der Waals surface area (Å²) in [4.78, 5) is 22.0. The summed E-state index contributed by atoms with van der Waals surface area (Å²) in [5.74, 6) is 1.42. The Balaban J connectivity index is 1.24. The van der Waals surface area contributed by atoms with Crippen molar-refractivity contribution in [2.75, 3.05) is 29.9 Å². The van der Waals surface area contributed by atoms with Crippen LogP contribution in [0, 0.1) is 0 Å². The van der Waals surface area contributed by atoms with Crippen LogP contribution in [0.4, 0.5) is 33.5 Å². The molecule has 0 radical (unpaired) electrons. The summed E-state index contributed by atoms with van der Waals surface area (Å²) in [6.45, 7) is 2.83. The number of alkyl halides is 5. The van der Waals surface area contributed by atoms with Gasteiger partial charge in [-0.3, -0.25) is 4.79 Å². The fourth-order valence-electron chi connectivity index (χ4n) is 3.99. The second kappa shape index (κ2) is 11.2. The molecule has 15 heteroatoms. The van der Waals surface area contributed by atoms with Gasteiger partial charge in [0.25, 0.3) is 17.9 Å². The number of halogens is 5. The number of pyridine rings is 1. The van der Waals surface area contributed by atoms with E-state index < -0.39 is 35.5 Å². The van der Waals surface area contributed by atoms with E-state index in [4.69, 9.17) is 9.26 Å². The summed E-state index contributed by atoms with van der Waals surface area (Å²) in [5.41, 5.74) is -3.26. The fourth-order valence-corrected chi connectivity index (χ4v) is 3.99. The number of H-pyrrole nitrogens is 1. The van der Waals surface area contributed by atoms with E-state index in [2.05, 4.69) is 25.5 Å². The number of hydrogen-bond donors (Lipinski definition) is 2. The highest BCUT2D eigenvalue weighted by Gasteiger charge is 2.37. The molecule has 0 amide bonds. The number of aromatic amines is 1. The first-order chi connectivity index (χ1) is 17.6. The number of nitrogens with zero attached hydrogens (tertiary/aromatic N) is 5. The van der Waals surface area contributed by atoms with Crippen molar-refractivity contribution in [2.24, 2.45) is 0 Å². The third kappa shape index (κ3) is 6.58. The molecule has 1 fully saturated rings. The van der Waals surface area contributed by atoms with Crippen molar-refractivity contribution >= 4 is 11.5 Å². The van der Waals surface area contributed by atoms with Gasteiger partial charge in [0.2, 0.25) is 0 Å². The fraction of sp³-hybridized carbons (Fsp3) is 0.500. The quantitative estimate of drug-likeness (QED) is 0.398. The maximum absolute atomic E-state index is 13.2. The minimum absolute atomic E-state index is 0.00243. The molecule has 10 nitrogen and oxygen atoms in total. The van der Waals surface area contributed by atoms with E-state index in [1.807, 2.05) is 4.90 Å². The number of aromatic nitrogens is 5. The van der Waals surface area contributed by atoms with E-state index >= 15 is 0 Å². The monoisotopic (exact) mass is 529 g/mol. The third-order valence-corrected chi connectivity index (χ3v) is 5.83. The summed E-state index contributed by atoms with van der Waals surface area (Å²) in [7, 11) is 0. The van der Waals surface area contributed by atoms with Crippen LogP contribution in [0.25, 0.3) is 0 Å². The second-order valence-electron chi connectivity index (χ2n) is 8.60. The van der Waals surface area contributed by atoms with E-state index in [-0.39, 0.29) is 30.6 Å². The predicted octanol–water partition coefficient (Wildman–Crippen LogP) is 3.91. The van der Waals surface area contributed by atoms with Crippen LogP contribution in [0.15, 0.2) is 33.8 Å². The van der Waals surface area contributed by atoms with E-state index in [1.54, 1.807) is 18.1 Å².